The van der Waals surface area contributed by atoms with Crippen molar-refractivity contribution in [2.45, 2.75) is 51.1 Å². The van der Waals surface area contributed by atoms with Crippen molar-refractivity contribution in [1.29, 1.82) is 0 Å². The zero-order valence-electron chi connectivity index (χ0n) is 14.1. The van der Waals surface area contributed by atoms with Crippen LogP contribution in [-0.4, -0.2) is 54.0 Å². The number of likely N-dealkylation sites (tertiary alicyclic amines) is 2. The second-order valence-electron chi connectivity index (χ2n) is 6.68. The number of nitrogens with zero attached hydrogens (tertiary/aromatic N) is 2. The highest BCUT2D eigenvalue weighted by molar-refractivity contribution is 5.74. The summed E-state index contributed by atoms with van der Waals surface area (Å²) in [7, 11) is 0. The molecule has 3 rings (SSSR count). The van der Waals surface area contributed by atoms with Gasteiger partial charge in [0.05, 0.1) is 6.61 Å². The standard InChI is InChI=1S/C19H28N2O2/c1-16(22)21-14-6-11-19(21)18-10-5-12-20(18)13-7-15-23-17-8-3-2-4-9-17/h2-4,8-9,18-19H,5-7,10-15H2,1H3/t18-,19+/m0/s1. The van der Waals surface area contributed by atoms with Crippen LogP contribution in [-0.2, 0) is 4.79 Å². The maximum atomic E-state index is 11.8. The molecule has 2 saturated heterocycles. The summed E-state index contributed by atoms with van der Waals surface area (Å²) in [5.74, 6) is 1.19. The fourth-order valence-electron chi connectivity index (χ4n) is 4.12. The molecule has 23 heavy (non-hydrogen) atoms. The van der Waals surface area contributed by atoms with Gasteiger partial charge in [0.15, 0.2) is 0 Å². The quantitative estimate of drug-likeness (QED) is 0.757. The molecule has 2 fully saturated rings. The van der Waals surface area contributed by atoms with Crippen LogP contribution >= 0.6 is 0 Å². The summed E-state index contributed by atoms with van der Waals surface area (Å²) in [6, 6.07) is 11.0. The van der Waals surface area contributed by atoms with Crippen molar-refractivity contribution < 1.29 is 9.53 Å². The van der Waals surface area contributed by atoms with E-state index in [9.17, 15) is 4.79 Å². The van der Waals surface area contributed by atoms with E-state index in [4.69, 9.17) is 4.74 Å². The molecule has 0 saturated carbocycles. The maximum absolute atomic E-state index is 11.8. The van der Waals surface area contributed by atoms with Crippen LogP contribution in [0.1, 0.15) is 39.0 Å². The maximum Gasteiger partial charge on any atom is 0.219 e. The lowest BCUT2D eigenvalue weighted by atomic mass is 10.0. The zero-order valence-corrected chi connectivity index (χ0v) is 14.1. The normalized spacial score (nSPS) is 25.0. The van der Waals surface area contributed by atoms with E-state index in [2.05, 4.69) is 9.80 Å². The SMILES string of the molecule is CC(=O)N1CCC[C@@H]1[C@@H]1CCCN1CCCOc1ccccc1. The Hall–Kier alpha value is -1.55. The molecule has 2 heterocycles. The minimum absolute atomic E-state index is 0.242. The third-order valence-electron chi connectivity index (χ3n) is 5.16. The molecule has 0 aliphatic carbocycles. The van der Waals surface area contributed by atoms with Crippen LogP contribution in [0.5, 0.6) is 5.75 Å². The number of amides is 1. The molecular weight excluding hydrogens is 288 g/mol. The average Bonchev–Trinajstić information content (AvgIpc) is 3.21. The van der Waals surface area contributed by atoms with Gasteiger partial charge in [-0.05, 0) is 50.8 Å². The molecule has 2 aliphatic rings. The summed E-state index contributed by atoms with van der Waals surface area (Å²) < 4.78 is 5.79. The number of para-hydroxylation sites is 1. The minimum Gasteiger partial charge on any atom is -0.494 e. The van der Waals surface area contributed by atoms with Gasteiger partial charge < -0.3 is 9.64 Å². The highest BCUT2D eigenvalue weighted by atomic mass is 16.5. The predicted molar refractivity (Wildman–Crippen MR) is 91.6 cm³/mol. The first-order valence-corrected chi connectivity index (χ1v) is 8.95. The van der Waals surface area contributed by atoms with E-state index in [0.717, 1.165) is 44.8 Å². The average molecular weight is 316 g/mol. The van der Waals surface area contributed by atoms with Crippen LogP contribution in [0, 0.1) is 0 Å². The van der Waals surface area contributed by atoms with Crippen molar-refractivity contribution >= 4 is 5.91 Å². The smallest absolute Gasteiger partial charge is 0.219 e. The molecule has 1 aromatic rings. The van der Waals surface area contributed by atoms with E-state index in [1.807, 2.05) is 30.3 Å². The van der Waals surface area contributed by atoms with Crippen molar-refractivity contribution in [2.75, 3.05) is 26.2 Å². The molecule has 0 N–H and O–H groups in total. The van der Waals surface area contributed by atoms with Crippen LogP contribution in [0.3, 0.4) is 0 Å². The number of ether oxygens (including phenoxy) is 1. The van der Waals surface area contributed by atoms with E-state index in [1.54, 1.807) is 6.92 Å². The molecule has 0 aromatic heterocycles. The second kappa shape index (κ2) is 7.82. The first-order valence-electron chi connectivity index (χ1n) is 8.95. The highest BCUT2D eigenvalue weighted by Crippen LogP contribution is 2.30. The number of carbonyl (C=O) groups excluding carboxylic acids is 1. The first-order chi connectivity index (χ1) is 11.3. The Labute approximate surface area is 139 Å². The molecule has 0 bridgehead atoms. The Morgan fingerprint density at radius 3 is 2.65 bits per heavy atom. The number of rotatable bonds is 6. The molecule has 126 valence electrons. The van der Waals surface area contributed by atoms with Crippen LogP contribution in [0.4, 0.5) is 0 Å². The lowest BCUT2D eigenvalue weighted by molar-refractivity contribution is -0.130. The van der Waals surface area contributed by atoms with Gasteiger partial charge in [-0.2, -0.15) is 0 Å². The number of carbonyl (C=O) groups is 1. The second-order valence-corrected chi connectivity index (χ2v) is 6.68. The summed E-state index contributed by atoms with van der Waals surface area (Å²) in [6.07, 6.45) is 5.85. The van der Waals surface area contributed by atoms with Gasteiger partial charge in [-0.3, -0.25) is 9.69 Å². The van der Waals surface area contributed by atoms with Crippen molar-refractivity contribution in [3.8, 4) is 5.75 Å². The summed E-state index contributed by atoms with van der Waals surface area (Å²) in [5, 5.41) is 0. The predicted octanol–water partition coefficient (Wildman–Crippen LogP) is 2.93. The summed E-state index contributed by atoms with van der Waals surface area (Å²) in [5.41, 5.74) is 0. The monoisotopic (exact) mass is 316 g/mol. The number of benzene rings is 1. The molecular formula is C19H28N2O2. The molecule has 2 aliphatic heterocycles. The summed E-state index contributed by atoms with van der Waals surface area (Å²) >= 11 is 0. The van der Waals surface area contributed by atoms with Gasteiger partial charge in [0.2, 0.25) is 5.91 Å². The van der Waals surface area contributed by atoms with Gasteiger partial charge in [-0.1, -0.05) is 18.2 Å². The van der Waals surface area contributed by atoms with Gasteiger partial charge in [0.25, 0.3) is 0 Å². The molecule has 0 unspecified atom stereocenters. The Morgan fingerprint density at radius 2 is 1.87 bits per heavy atom. The van der Waals surface area contributed by atoms with E-state index in [-0.39, 0.29) is 5.91 Å². The van der Waals surface area contributed by atoms with Gasteiger partial charge >= 0.3 is 0 Å². The highest BCUT2D eigenvalue weighted by Gasteiger charge is 2.38. The number of hydrogen-bond donors (Lipinski definition) is 0. The molecule has 4 heteroatoms. The minimum atomic E-state index is 0.242. The van der Waals surface area contributed by atoms with Gasteiger partial charge in [0, 0.05) is 32.1 Å². The topological polar surface area (TPSA) is 32.8 Å². The van der Waals surface area contributed by atoms with Crippen LogP contribution in [0.15, 0.2) is 30.3 Å². The van der Waals surface area contributed by atoms with Gasteiger partial charge in [-0.25, -0.2) is 0 Å². The fraction of sp³-hybridized carbons (Fsp3) is 0.632. The van der Waals surface area contributed by atoms with Crippen LogP contribution < -0.4 is 4.74 Å². The lowest BCUT2D eigenvalue weighted by Crippen LogP contribution is -2.48. The van der Waals surface area contributed by atoms with E-state index in [0.29, 0.717) is 12.1 Å². The van der Waals surface area contributed by atoms with Crippen molar-refractivity contribution in [3.05, 3.63) is 30.3 Å². The summed E-state index contributed by atoms with van der Waals surface area (Å²) in [6.45, 7) is 5.65. The van der Waals surface area contributed by atoms with Crippen molar-refractivity contribution in [2.24, 2.45) is 0 Å². The van der Waals surface area contributed by atoms with Crippen molar-refractivity contribution in [1.82, 2.24) is 9.80 Å². The van der Waals surface area contributed by atoms with Crippen molar-refractivity contribution in [3.63, 3.8) is 0 Å². The van der Waals surface area contributed by atoms with E-state index >= 15 is 0 Å². The Morgan fingerprint density at radius 1 is 1.13 bits per heavy atom. The van der Waals surface area contributed by atoms with Crippen LogP contribution in [0.25, 0.3) is 0 Å². The molecule has 2 atom stereocenters. The van der Waals surface area contributed by atoms with E-state index < -0.39 is 0 Å². The van der Waals surface area contributed by atoms with Crippen LogP contribution in [0.2, 0.25) is 0 Å². The molecule has 0 radical (unpaired) electrons. The third-order valence-corrected chi connectivity index (χ3v) is 5.16. The molecule has 4 nitrogen and oxygen atoms in total. The Kier molecular flexibility index (Phi) is 5.55. The largest absolute Gasteiger partial charge is 0.494 e. The molecule has 1 aromatic carbocycles. The Balaban J connectivity index is 1.46. The zero-order chi connectivity index (χ0) is 16.1. The third kappa shape index (κ3) is 4.05. The lowest BCUT2D eigenvalue weighted by Gasteiger charge is -2.34. The summed E-state index contributed by atoms with van der Waals surface area (Å²) in [4.78, 5) is 16.5. The fourth-order valence-corrected chi connectivity index (χ4v) is 4.12. The van der Waals surface area contributed by atoms with Gasteiger partial charge in [0.1, 0.15) is 5.75 Å². The first kappa shape index (κ1) is 16.3. The van der Waals surface area contributed by atoms with Gasteiger partial charge in [-0.15, -0.1) is 0 Å². The molecule has 1 amide bonds. The number of hydrogen-bond acceptors (Lipinski definition) is 3. The Bertz CT molecular complexity index is 505. The molecule has 0 spiro atoms. The van der Waals surface area contributed by atoms with E-state index in [1.165, 1.54) is 19.3 Å².